The van der Waals surface area contributed by atoms with Gasteiger partial charge in [0.25, 0.3) is 0 Å². The van der Waals surface area contributed by atoms with Gasteiger partial charge in [0.1, 0.15) is 5.82 Å². The minimum Gasteiger partial charge on any atom is -0.383 e. The van der Waals surface area contributed by atoms with Crippen molar-refractivity contribution in [2.75, 3.05) is 12.3 Å². The molecule has 1 heterocycles. The van der Waals surface area contributed by atoms with Gasteiger partial charge in [-0.1, -0.05) is 17.7 Å². The second-order valence-electron chi connectivity index (χ2n) is 5.74. The average molecular weight is 247 g/mol. The van der Waals surface area contributed by atoms with Crippen molar-refractivity contribution in [2.24, 2.45) is 0 Å². The van der Waals surface area contributed by atoms with Gasteiger partial charge in [0, 0.05) is 11.7 Å². The highest BCUT2D eigenvalue weighted by Crippen LogP contribution is 2.13. The molecular formula is C15H25N3. The van der Waals surface area contributed by atoms with Gasteiger partial charge in [0.2, 0.25) is 0 Å². The first-order valence-electron chi connectivity index (χ1n) is 6.48. The van der Waals surface area contributed by atoms with Crippen LogP contribution in [0.25, 0.3) is 0 Å². The van der Waals surface area contributed by atoms with Crippen LogP contribution in [0.1, 0.15) is 39.7 Å². The van der Waals surface area contributed by atoms with E-state index in [0.717, 1.165) is 24.9 Å². The fourth-order valence-corrected chi connectivity index (χ4v) is 1.74. The minimum absolute atomic E-state index is 0.190. The maximum atomic E-state index is 5.83. The zero-order chi connectivity index (χ0) is 13.6. The molecule has 0 saturated heterocycles. The first kappa shape index (κ1) is 14.7. The zero-order valence-corrected chi connectivity index (χ0v) is 12.0. The predicted octanol–water partition coefficient (Wildman–Crippen LogP) is 2.93. The summed E-state index contributed by atoms with van der Waals surface area (Å²) in [6.45, 7) is 9.69. The Morgan fingerprint density at radius 2 is 2.17 bits per heavy atom. The van der Waals surface area contributed by atoms with Crippen molar-refractivity contribution in [3.05, 3.63) is 35.5 Å². The molecule has 0 fully saturated rings. The molecule has 0 aliphatic rings. The molecule has 100 valence electrons. The normalized spacial score (nSPS) is 12.8. The first-order valence-corrected chi connectivity index (χ1v) is 6.48. The van der Waals surface area contributed by atoms with Crippen molar-refractivity contribution in [2.45, 2.75) is 46.1 Å². The number of anilines is 1. The molecule has 1 aromatic heterocycles. The molecular weight excluding hydrogens is 222 g/mol. The summed E-state index contributed by atoms with van der Waals surface area (Å²) in [5, 5.41) is 3.47. The highest BCUT2D eigenvalue weighted by Gasteiger charge is 2.06. The lowest BCUT2D eigenvalue weighted by atomic mass is 10.1. The van der Waals surface area contributed by atoms with Crippen molar-refractivity contribution in [3.8, 4) is 0 Å². The van der Waals surface area contributed by atoms with Gasteiger partial charge in [0.05, 0.1) is 0 Å². The lowest BCUT2D eigenvalue weighted by Gasteiger charge is -2.19. The predicted molar refractivity (Wildman–Crippen MR) is 78.5 cm³/mol. The van der Waals surface area contributed by atoms with Crippen LogP contribution in [0.3, 0.4) is 0 Å². The summed E-state index contributed by atoms with van der Waals surface area (Å²) in [7, 11) is 0. The standard InChI is InChI=1S/C15H25N3/c1-12(7-5-10-18-15(2,3)4)11-13-8-6-9-17-14(13)16/h6-9,18H,5,10-11H2,1-4H3,(H2,16,17). The number of hydrogen-bond donors (Lipinski definition) is 2. The van der Waals surface area contributed by atoms with Gasteiger partial charge in [-0.2, -0.15) is 0 Å². The van der Waals surface area contributed by atoms with Gasteiger partial charge in [-0.3, -0.25) is 0 Å². The van der Waals surface area contributed by atoms with E-state index in [0.29, 0.717) is 5.82 Å². The molecule has 0 aromatic carbocycles. The molecule has 0 aliphatic carbocycles. The molecule has 0 saturated carbocycles. The van der Waals surface area contributed by atoms with Gasteiger partial charge >= 0.3 is 0 Å². The van der Waals surface area contributed by atoms with Crippen LogP contribution in [0.4, 0.5) is 5.82 Å². The maximum absolute atomic E-state index is 5.83. The molecule has 0 aliphatic heterocycles. The maximum Gasteiger partial charge on any atom is 0.126 e. The number of pyridine rings is 1. The first-order chi connectivity index (χ1) is 8.38. The van der Waals surface area contributed by atoms with Crippen molar-refractivity contribution in [1.82, 2.24) is 10.3 Å². The van der Waals surface area contributed by atoms with Crippen LogP contribution in [0.15, 0.2) is 30.0 Å². The smallest absolute Gasteiger partial charge is 0.126 e. The SMILES string of the molecule is CC(=CCCNC(C)(C)C)Cc1cccnc1N. The topological polar surface area (TPSA) is 50.9 Å². The fraction of sp³-hybridized carbons (Fsp3) is 0.533. The Morgan fingerprint density at radius 3 is 2.78 bits per heavy atom. The Balaban J connectivity index is 2.41. The van der Waals surface area contributed by atoms with E-state index >= 15 is 0 Å². The van der Waals surface area contributed by atoms with Gasteiger partial charge in [-0.15, -0.1) is 0 Å². The number of allylic oxidation sites excluding steroid dienone is 1. The van der Waals surface area contributed by atoms with Crippen molar-refractivity contribution in [3.63, 3.8) is 0 Å². The summed E-state index contributed by atoms with van der Waals surface area (Å²) in [6.07, 6.45) is 5.93. The summed E-state index contributed by atoms with van der Waals surface area (Å²) in [4.78, 5) is 4.10. The molecule has 0 unspecified atom stereocenters. The molecule has 0 spiro atoms. The number of hydrogen-bond acceptors (Lipinski definition) is 3. The van der Waals surface area contributed by atoms with Crippen LogP contribution in [-0.2, 0) is 6.42 Å². The number of nitrogen functional groups attached to an aromatic ring is 1. The van der Waals surface area contributed by atoms with Crippen molar-refractivity contribution < 1.29 is 0 Å². The fourth-order valence-electron chi connectivity index (χ4n) is 1.74. The van der Waals surface area contributed by atoms with Gasteiger partial charge in [-0.25, -0.2) is 4.98 Å². The minimum atomic E-state index is 0.190. The van der Waals surface area contributed by atoms with Crippen LogP contribution < -0.4 is 11.1 Å². The van der Waals surface area contributed by atoms with Crippen LogP contribution >= 0.6 is 0 Å². The third kappa shape index (κ3) is 5.82. The highest BCUT2D eigenvalue weighted by molar-refractivity contribution is 5.40. The zero-order valence-electron chi connectivity index (χ0n) is 12.0. The average Bonchev–Trinajstić information content (AvgIpc) is 2.26. The van der Waals surface area contributed by atoms with Crippen LogP contribution in [0, 0.1) is 0 Å². The Kier molecular flexibility index (Phi) is 5.35. The van der Waals surface area contributed by atoms with E-state index in [4.69, 9.17) is 5.73 Å². The summed E-state index contributed by atoms with van der Waals surface area (Å²) >= 11 is 0. The summed E-state index contributed by atoms with van der Waals surface area (Å²) in [6, 6.07) is 3.97. The van der Waals surface area contributed by atoms with Crippen LogP contribution in [0.2, 0.25) is 0 Å². The van der Waals surface area contributed by atoms with Crippen molar-refractivity contribution >= 4 is 5.82 Å². The van der Waals surface area contributed by atoms with Gasteiger partial charge in [0.15, 0.2) is 0 Å². The van der Waals surface area contributed by atoms with E-state index in [1.54, 1.807) is 6.20 Å². The quantitative estimate of drug-likeness (QED) is 0.621. The number of rotatable bonds is 5. The Morgan fingerprint density at radius 1 is 1.44 bits per heavy atom. The van der Waals surface area contributed by atoms with E-state index in [9.17, 15) is 0 Å². The van der Waals surface area contributed by atoms with Gasteiger partial charge in [-0.05, 0) is 58.7 Å². The largest absolute Gasteiger partial charge is 0.383 e. The summed E-state index contributed by atoms with van der Waals surface area (Å²) in [5.41, 5.74) is 8.46. The van der Waals surface area contributed by atoms with Crippen LogP contribution in [-0.4, -0.2) is 17.1 Å². The molecule has 1 aromatic rings. The molecule has 3 heteroatoms. The number of nitrogens with two attached hydrogens (primary N) is 1. The van der Waals surface area contributed by atoms with Gasteiger partial charge < -0.3 is 11.1 Å². The number of nitrogens with zero attached hydrogens (tertiary/aromatic N) is 1. The Hall–Kier alpha value is -1.35. The highest BCUT2D eigenvalue weighted by atomic mass is 14.9. The third-order valence-electron chi connectivity index (χ3n) is 2.69. The molecule has 1 rings (SSSR count). The Bertz CT molecular complexity index is 402. The lowest BCUT2D eigenvalue weighted by Crippen LogP contribution is -2.36. The lowest BCUT2D eigenvalue weighted by molar-refractivity contribution is 0.431. The molecule has 0 atom stereocenters. The molecule has 18 heavy (non-hydrogen) atoms. The number of aromatic nitrogens is 1. The van der Waals surface area contributed by atoms with E-state index in [1.807, 2.05) is 12.1 Å². The molecule has 0 bridgehead atoms. The molecule has 0 radical (unpaired) electrons. The third-order valence-corrected chi connectivity index (χ3v) is 2.69. The monoisotopic (exact) mass is 247 g/mol. The Labute approximate surface area is 111 Å². The van der Waals surface area contributed by atoms with E-state index in [1.165, 1.54) is 5.57 Å². The molecule has 3 nitrogen and oxygen atoms in total. The summed E-state index contributed by atoms with van der Waals surface area (Å²) in [5.74, 6) is 0.637. The molecule has 3 N–H and O–H groups in total. The second kappa shape index (κ2) is 6.55. The van der Waals surface area contributed by atoms with E-state index in [2.05, 4.69) is 44.1 Å². The number of nitrogens with one attached hydrogen (secondary N) is 1. The summed E-state index contributed by atoms with van der Waals surface area (Å²) < 4.78 is 0. The van der Waals surface area contributed by atoms with E-state index < -0.39 is 0 Å². The second-order valence-corrected chi connectivity index (χ2v) is 5.74. The van der Waals surface area contributed by atoms with E-state index in [-0.39, 0.29) is 5.54 Å². The van der Waals surface area contributed by atoms with Crippen LogP contribution in [0.5, 0.6) is 0 Å². The molecule has 0 amide bonds. The van der Waals surface area contributed by atoms with Crippen molar-refractivity contribution in [1.29, 1.82) is 0 Å².